The first-order valence-electron chi connectivity index (χ1n) is 8.01. The lowest BCUT2D eigenvalue weighted by Gasteiger charge is -2.20. The molecule has 128 valence electrons. The Kier molecular flexibility index (Phi) is 4.79. The zero-order valence-corrected chi connectivity index (χ0v) is 13.9. The topological polar surface area (TPSA) is 69.7 Å². The molecule has 1 aliphatic rings. The normalized spacial score (nSPS) is 16.7. The van der Waals surface area contributed by atoms with Crippen LogP contribution in [0.15, 0.2) is 60.7 Å². The van der Waals surface area contributed by atoms with Gasteiger partial charge >= 0.3 is 6.03 Å². The van der Waals surface area contributed by atoms with Crippen molar-refractivity contribution in [2.45, 2.75) is 12.6 Å². The number of nitrogens with zero attached hydrogens (tertiary/aromatic N) is 2. The van der Waals surface area contributed by atoms with Crippen molar-refractivity contribution in [3.05, 3.63) is 71.8 Å². The number of likely N-dealkylation sites (N-methyl/N-ethyl adjacent to an activating group) is 1. The minimum Gasteiger partial charge on any atom is -0.340 e. The molecule has 1 heterocycles. The van der Waals surface area contributed by atoms with Gasteiger partial charge in [-0.1, -0.05) is 60.7 Å². The predicted octanol–water partition coefficient (Wildman–Crippen LogP) is 1.94. The third-order valence-corrected chi connectivity index (χ3v) is 4.14. The monoisotopic (exact) mass is 337 g/mol. The predicted molar refractivity (Wildman–Crippen MR) is 92.3 cm³/mol. The van der Waals surface area contributed by atoms with E-state index in [1.807, 2.05) is 36.4 Å². The van der Waals surface area contributed by atoms with Crippen LogP contribution in [0.4, 0.5) is 4.79 Å². The van der Waals surface area contributed by atoms with Crippen molar-refractivity contribution in [3.63, 3.8) is 0 Å². The molecule has 1 unspecified atom stereocenters. The quantitative estimate of drug-likeness (QED) is 0.848. The molecular weight excluding hydrogens is 318 g/mol. The van der Waals surface area contributed by atoms with Crippen LogP contribution in [-0.2, 0) is 16.1 Å². The fourth-order valence-electron chi connectivity index (χ4n) is 2.74. The molecule has 1 saturated heterocycles. The van der Waals surface area contributed by atoms with Crippen LogP contribution in [0.25, 0.3) is 0 Å². The standard InChI is InChI=1S/C19H19N3O3/c1-21(12-14-8-4-2-5-9-14)16(23)13-22-18(24)17(20-19(22)25)15-10-6-3-7-11-15/h2-11,17H,12-13H2,1H3,(H,20,25). The number of urea groups is 1. The first kappa shape index (κ1) is 16.7. The van der Waals surface area contributed by atoms with E-state index in [2.05, 4.69) is 5.32 Å². The third kappa shape index (κ3) is 3.68. The van der Waals surface area contributed by atoms with Gasteiger partial charge in [0, 0.05) is 13.6 Å². The Bertz CT molecular complexity index is 777. The lowest BCUT2D eigenvalue weighted by atomic mass is 10.1. The molecule has 2 aromatic rings. The molecule has 6 nitrogen and oxygen atoms in total. The molecule has 1 aliphatic heterocycles. The average Bonchev–Trinajstić information content (AvgIpc) is 2.91. The smallest absolute Gasteiger partial charge is 0.325 e. The Balaban J connectivity index is 1.65. The van der Waals surface area contributed by atoms with Gasteiger partial charge in [0.05, 0.1) is 0 Å². The highest BCUT2D eigenvalue weighted by atomic mass is 16.2. The fraction of sp³-hybridized carbons (Fsp3) is 0.211. The number of hydrogen-bond donors (Lipinski definition) is 1. The minimum atomic E-state index is -0.735. The van der Waals surface area contributed by atoms with E-state index >= 15 is 0 Å². The van der Waals surface area contributed by atoms with E-state index in [1.54, 1.807) is 31.3 Å². The SMILES string of the molecule is CN(Cc1ccccc1)C(=O)CN1C(=O)NC(c2ccccc2)C1=O. The van der Waals surface area contributed by atoms with Crippen LogP contribution >= 0.6 is 0 Å². The van der Waals surface area contributed by atoms with E-state index in [4.69, 9.17) is 0 Å². The lowest BCUT2D eigenvalue weighted by molar-refractivity contribution is -0.136. The van der Waals surface area contributed by atoms with E-state index in [9.17, 15) is 14.4 Å². The van der Waals surface area contributed by atoms with Crippen molar-refractivity contribution in [2.24, 2.45) is 0 Å². The Morgan fingerprint density at radius 3 is 2.28 bits per heavy atom. The maximum Gasteiger partial charge on any atom is 0.325 e. The van der Waals surface area contributed by atoms with Gasteiger partial charge in [-0.05, 0) is 11.1 Å². The largest absolute Gasteiger partial charge is 0.340 e. The van der Waals surface area contributed by atoms with Crippen LogP contribution in [0.5, 0.6) is 0 Å². The van der Waals surface area contributed by atoms with Gasteiger partial charge in [0.15, 0.2) is 0 Å². The molecule has 2 aromatic carbocycles. The fourth-order valence-corrected chi connectivity index (χ4v) is 2.74. The Morgan fingerprint density at radius 1 is 1.04 bits per heavy atom. The number of imide groups is 1. The van der Waals surface area contributed by atoms with Crippen molar-refractivity contribution in [2.75, 3.05) is 13.6 Å². The highest BCUT2D eigenvalue weighted by molar-refractivity contribution is 6.06. The van der Waals surface area contributed by atoms with Gasteiger partial charge in [-0.3, -0.25) is 14.5 Å². The number of nitrogens with one attached hydrogen (secondary N) is 1. The molecule has 3 rings (SSSR count). The maximum absolute atomic E-state index is 12.5. The molecule has 6 heteroatoms. The van der Waals surface area contributed by atoms with Crippen molar-refractivity contribution in [1.29, 1.82) is 0 Å². The molecule has 0 spiro atoms. The van der Waals surface area contributed by atoms with Gasteiger partial charge in [0.25, 0.3) is 5.91 Å². The highest BCUT2D eigenvalue weighted by Gasteiger charge is 2.40. The highest BCUT2D eigenvalue weighted by Crippen LogP contribution is 2.21. The average molecular weight is 337 g/mol. The minimum absolute atomic E-state index is 0.267. The summed E-state index contributed by atoms with van der Waals surface area (Å²) in [7, 11) is 1.66. The zero-order chi connectivity index (χ0) is 17.8. The van der Waals surface area contributed by atoms with Crippen molar-refractivity contribution in [3.8, 4) is 0 Å². The second kappa shape index (κ2) is 7.17. The number of amides is 4. The number of benzene rings is 2. The second-order valence-electron chi connectivity index (χ2n) is 5.95. The van der Waals surface area contributed by atoms with Gasteiger partial charge in [0.1, 0.15) is 12.6 Å². The Morgan fingerprint density at radius 2 is 1.64 bits per heavy atom. The van der Waals surface area contributed by atoms with Crippen LogP contribution in [0.2, 0.25) is 0 Å². The van der Waals surface area contributed by atoms with E-state index in [0.29, 0.717) is 12.1 Å². The van der Waals surface area contributed by atoms with Gasteiger partial charge in [-0.2, -0.15) is 0 Å². The van der Waals surface area contributed by atoms with E-state index in [1.165, 1.54) is 4.90 Å². The first-order chi connectivity index (χ1) is 12.1. The molecule has 25 heavy (non-hydrogen) atoms. The summed E-state index contributed by atoms with van der Waals surface area (Å²) in [6, 6.07) is 17.3. The van der Waals surface area contributed by atoms with Crippen LogP contribution < -0.4 is 5.32 Å². The van der Waals surface area contributed by atoms with Crippen LogP contribution in [0, 0.1) is 0 Å². The third-order valence-electron chi connectivity index (χ3n) is 4.14. The summed E-state index contributed by atoms with van der Waals surface area (Å²) in [6.07, 6.45) is 0. The zero-order valence-electron chi connectivity index (χ0n) is 13.9. The summed E-state index contributed by atoms with van der Waals surface area (Å²) < 4.78 is 0. The van der Waals surface area contributed by atoms with Crippen LogP contribution in [-0.4, -0.2) is 41.2 Å². The van der Waals surface area contributed by atoms with E-state index in [0.717, 1.165) is 10.5 Å². The summed E-state index contributed by atoms with van der Waals surface area (Å²) in [6.45, 7) is 0.156. The van der Waals surface area contributed by atoms with Crippen molar-refractivity contribution < 1.29 is 14.4 Å². The van der Waals surface area contributed by atoms with Gasteiger partial charge in [0.2, 0.25) is 5.91 Å². The van der Waals surface area contributed by atoms with Crippen molar-refractivity contribution >= 4 is 17.8 Å². The first-order valence-corrected chi connectivity index (χ1v) is 8.01. The molecular formula is C19H19N3O3. The maximum atomic E-state index is 12.5. The van der Waals surface area contributed by atoms with E-state index < -0.39 is 18.0 Å². The molecule has 0 aliphatic carbocycles. The summed E-state index contributed by atoms with van der Waals surface area (Å²) in [5.74, 6) is -0.696. The number of carbonyl (C=O) groups is 3. The van der Waals surface area contributed by atoms with Gasteiger partial charge < -0.3 is 10.2 Å². The summed E-state index contributed by atoms with van der Waals surface area (Å²) in [5, 5.41) is 2.63. The second-order valence-corrected chi connectivity index (χ2v) is 5.95. The number of rotatable bonds is 5. The molecule has 0 radical (unpaired) electrons. The lowest BCUT2D eigenvalue weighted by Crippen LogP contribution is -2.41. The molecule has 0 aromatic heterocycles. The Hall–Kier alpha value is -3.15. The number of hydrogen-bond acceptors (Lipinski definition) is 3. The molecule has 0 bridgehead atoms. The number of carbonyl (C=O) groups excluding carboxylic acids is 3. The van der Waals surface area contributed by atoms with Gasteiger partial charge in [-0.15, -0.1) is 0 Å². The molecule has 4 amide bonds. The Labute approximate surface area is 146 Å². The molecule has 1 fully saturated rings. The van der Waals surface area contributed by atoms with Gasteiger partial charge in [-0.25, -0.2) is 4.79 Å². The summed E-state index contributed by atoms with van der Waals surface area (Å²) >= 11 is 0. The van der Waals surface area contributed by atoms with Crippen LogP contribution in [0.3, 0.4) is 0 Å². The molecule has 1 N–H and O–H groups in total. The van der Waals surface area contributed by atoms with E-state index in [-0.39, 0.29) is 12.5 Å². The van der Waals surface area contributed by atoms with Crippen LogP contribution in [0.1, 0.15) is 17.2 Å². The molecule has 1 atom stereocenters. The molecule has 0 saturated carbocycles. The summed E-state index contributed by atoms with van der Waals surface area (Å²) in [4.78, 5) is 39.5. The summed E-state index contributed by atoms with van der Waals surface area (Å²) in [5.41, 5.74) is 1.69. The van der Waals surface area contributed by atoms with Crippen molar-refractivity contribution in [1.82, 2.24) is 15.1 Å².